The van der Waals surface area contributed by atoms with Crippen molar-refractivity contribution in [1.29, 1.82) is 0 Å². The Balaban J connectivity index is 2.32. The molecular formula is C15H23N3O2. The molecule has 2 heterocycles. The molecule has 1 aromatic rings. The van der Waals surface area contributed by atoms with Gasteiger partial charge in [0.25, 0.3) is 0 Å². The van der Waals surface area contributed by atoms with Gasteiger partial charge in [-0.2, -0.15) is 0 Å². The molecule has 1 fully saturated rings. The van der Waals surface area contributed by atoms with Crippen molar-refractivity contribution in [2.24, 2.45) is 11.8 Å². The molecule has 0 bridgehead atoms. The van der Waals surface area contributed by atoms with Crippen LogP contribution in [0.5, 0.6) is 0 Å². The Bertz CT molecular complexity index is 480. The van der Waals surface area contributed by atoms with Gasteiger partial charge in [0.15, 0.2) is 0 Å². The summed E-state index contributed by atoms with van der Waals surface area (Å²) < 4.78 is 5.11. The second-order valence-corrected chi connectivity index (χ2v) is 5.71. The number of pyridine rings is 1. The van der Waals surface area contributed by atoms with Crippen LogP contribution in [-0.2, 0) is 4.74 Å². The third kappa shape index (κ3) is 3.21. The van der Waals surface area contributed by atoms with E-state index in [1.54, 1.807) is 19.2 Å². The van der Waals surface area contributed by atoms with Crippen LogP contribution >= 0.6 is 0 Å². The second kappa shape index (κ2) is 6.11. The summed E-state index contributed by atoms with van der Waals surface area (Å²) in [6.45, 7) is 8.41. The van der Waals surface area contributed by atoms with E-state index < -0.39 is 0 Å². The third-order valence-electron chi connectivity index (χ3n) is 3.55. The molecule has 2 atom stereocenters. The molecule has 0 aliphatic carbocycles. The number of carbonyl (C=O) groups excluding carboxylic acids is 1. The van der Waals surface area contributed by atoms with E-state index in [0.717, 1.165) is 13.1 Å². The minimum Gasteiger partial charge on any atom is -0.462 e. The summed E-state index contributed by atoms with van der Waals surface area (Å²) in [5.74, 6) is 1.52. The highest BCUT2D eigenvalue weighted by atomic mass is 16.5. The minimum atomic E-state index is -0.354. The minimum absolute atomic E-state index is 0.347. The van der Waals surface area contributed by atoms with E-state index in [9.17, 15) is 4.79 Å². The first-order valence-electron chi connectivity index (χ1n) is 7.18. The molecule has 20 heavy (non-hydrogen) atoms. The van der Waals surface area contributed by atoms with Crippen LogP contribution in [0.25, 0.3) is 0 Å². The quantitative estimate of drug-likeness (QED) is 0.859. The molecule has 0 spiro atoms. The van der Waals surface area contributed by atoms with Crippen LogP contribution in [0.3, 0.4) is 0 Å². The number of hydrogen-bond donors (Lipinski definition) is 1. The summed E-state index contributed by atoms with van der Waals surface area (Å²) in [5.41, 5.74) is 6.70. The van der Waals surface area contributed by atoms with Gasteiger partial charge in [0.1, 0.15) is 11.4 Å². The van der Waals surface area contributed by atoms with Crippen LogP contribution in [-0.4, -0.2) is 30.6 Å². The number of ether oxygens (including phenoxy) is 1. The monoisotopic (exact) mass is 277 g/mol. The highest BCUT2D eigenvalue weighted by molar-refractivity contribution is 5.95. The first-order valence-corrected chi connectivity index (χ1v) is 7.18. The fourth-order valence-corrected chi connectivity index (χ4v) is 2.92. The van der Waals surface area contributed by atoms with E-state index in [1.807, 2.05) is 0 Å². The Kier molecular flexibility index (Phi) is 4.47. The van der Waals surface area contributed by atoms with Crippen LogP contribution in [0.1, 0.15) is 37.6 Å². The molecule has 0 amide bonds. The normalized spacial score (nSPS) is 22.6. The lowest BCUT2D eigenvalue weighted by Gasteiger charge is -2.36. The van der Waals surface area contributed by atoms with Crippen molar-refractivity contribution in [1.82, 2.24) is 4.98 Å². The number of esters is 1. The van der Waals surface area contributed by atoms with Gasteiger partial charge in [0, 0.05) is 13.1 Å². The molecule has 1 aliphatic rings. The predicted octanol–water partition coefficient (Wildman–Crippen LogP) is 2.32. The van der Waals surface area contributed by atoms with Crippen molar-refractivity contribution in [3.8, 4) is 0 Å². The zero-order valence-electron chi connectivity index (χ0n) is 12.4. The Morgan fingerprint density at radius 1 is 1.45 bits per heavy atom. The first kappa shape index (κ1) is 14.6. The molecule has 0 aromatic carbocycles. The lowest BCUT2D eigenvalue weighted by Crippen LogP contribution is -2.40. The zero-order chi connectivity index (χ0) is 14.7. The van der Waals surface area contributed by atoms with Gasteiger partial charge in [-0.25, -0.2) is 9.78 Å². The van der Waals surface area contributed by atoms with Crippen LogP contribution in [0.2, 0.25) is 0 Å². The summed E-state index contributed by atoms with van der Waals surface area (Å²) in [6, 6.07) is 1.66. The highest BCUT2D eigenvalue weighted by Crippen LogP contribution is 2.28. The maximum Gasteiger partial charge on any atom is 0.341 e. The molecule has 1 saturated heterocycles. The topological polar surface area (TPSA) is 68.5 Å². The Hall–Kier alpha value is -1.78. The lowest BCUT2D eigenvalue weighted by molar-refractivity contribution is 0.0526. The van der Waals surface area contributed by atoms with E-state index in [1.165, 1.54) is 6.42 Å². The first-order chi connectivity index (χ1) is 9.51. The van der Waals surface area contributed by atoms with Crippen molar-refractivity contribution in [2.45, 2.75) is 27.2 Å². The molecular weight excluding hydrogens is 254 g/mol. The molecule has 5 heteroatoms. The summed E-state index contributed by atoms with van der Waals surface area (Å²) in [7, 11) is 0. The van der Waals surface area contributed by atoms with Crippen molar-refractivity contribution in [2.75, 3.05) is 30.3 Å². The SMILES string of the molecule is CCOC(=O)c1cc(N)cnc1N1CC(C)CC(C)C1. The van der Waals surface area contributed by atoms with E-state index in [2.05, 4.69) is 23.7 Å². The van der Waals surface area contributed by atoms with Crippen molar-refractivity contribution in [3.63, 3.8) is 0 Å². The number of rotatable bonds is 3. The van der Waals surface area contributed by atoms with E-state index in [0.29, 0.717) is 35.5 Å². The van der Waals surface area contributed by atoms with Gasteiger partial charge in [0.2, 0.25) is 0 Å². The van der Waals surface area contributed by atoms with Gasteiger partial charge in [-0.3, -0.25) is 0 Å². The van der Waals surface area contributed by atoms with Crippen molar-refractivity contribution >= 4 is 17.5 Å². The number of nitrogen functional groups attached to an aromatic ring is 1. The molecule has 0 saturated carbocycles. The standard InChI is InChI=1S/C15H23N3O2/c1-4-20-15(19)13-6-12(16)7-17-14(13)18-8-10(2)5-11(3)9-18/h6-7,10-11H,4-5,8-9,16H2,1-3H3. The van der Waals surface area contributed by atoms with E-state index >= 15 is 0 Å². The predicted molar refractivity (Wildman–Crippen MR) is 79.8 cm³/mol. The smallest absolute Gasteiger partial charge is 0.341 e. The summed E-state index contributed by atoms with van der Waals surface area (Å²) in [6.07, 6.45) is 2.81. The Morgan fingerprint density at radius 2 is 2.10 bits per heavy atom. The van der Waals surface area contributed by atoms with Crippen LogP contribution in [0, 0.1) is 11.8 Å². The molecule has 5 nitrogen and oxygen atoms in total. The molecule has 2 unspecified atom stereocenters. The average Bonchev–Trinajstić information content (AvgIpc) is 2.37. The molecule has 0 radical (unpaired) electrons. The fourth-order valence-electron chi connectivity index (χ4n) is 2.92. The van der Waals surface area contributed by atoms with Gasteiger partial charge >= 0.3 is 5.97 Å². The summed E-state index contributed by atoms with van der Waals surface area (Å²) in [4.78, 5) is 18.6. The van der Waals surface area contributed by atoms with Crippen LogP contribution < -0.4 is 10.6 Å². The Morgan fingerprint density at radius 3 is 2.70 bits per heavy atom. The summed E-state index contributed by atoms with van der Waals surface area (Å²) in [5, 5.41) is 0. The van der Waals surface area contributed by atoms with Crippen molar-refractivity contribution in [3.05, 3.63) is 17.8 Å². The van der Waals surface area contributed by atoms with Gasteiger partial charge in [-0.05, 0) is 31.2 Å². The molecule has 1 aliphatic heterocycles. The van der Waals surface area contributed by atoms with Crippen molar-refractivity contribution < 1.29 is 9.53 Å². The van der Waals surface area contributed by atoms with Gasteiger partial charge in [-0.1, -0.05) is 13.8 Å². The largest absolute Gasteiger partial charge is 0.462 e. The maximum absolute atomic E-state index is 12.1. The number of hydrogen-bond acceptors (Lipinski definition) is 5. The zero-order valence-corrected chi connectivity index (χ0v) is 12.4. The second-order valence-electron chi connectivity index (χ2n) is 5.71. The van der Waals surface area contributed by atoms with E-state index in [-0.39, 0.29) is 5.97 Å². The molecule has 110 valence electrons. The fraction of sp³-hybridized carbons (Fsp3) is 0.600. The number of nitrogens with zero attached hydrogens (tertiary/aromatic N) is 2. The number of carbonyl (C=O) groups is 1. The van der Waals surface area contributed by atoms with Crippen LogP contribution in [0.4, 0.5) is 11.5 Å². The number of nitrogens with two attached hydrogens (primary N) is 1. The number of anilines is 2. The average molecular weight is 277 g/mol. The van der Waals surface area contributed by atoms with E-state index in [4.69, 9.17) is 10.5 Å². The highest BCUT2D eigenvalue weighted by Gasteiger charge is 2.26. The molecule has 2 rings (SSSR count). The van der Waals surface area contributed by atoms with Crippen LogP contribution in [0.15, 0.2) is 12.3 Å². The number of piperidine rings is 1. The van der Waals surface area contributed by atoms with Gasteiger partial charge < -0.3 is 15.4 Å². The molecule has 2 N–H and O–H groups in total. The number of aromatic nitrogens is 1. The molecule has 1 aromatic heterocycles. The Labute approximate surface area is 120 Å². The third-order valence-corrected chi connectivity index (χ3v) is 3.55. The lowest BCUT2D eigenvalue weighted by atomic mass is 9.91. The summed E-state index contributed by atoms with van der Waals surface area (Å²) >= 11 is 0. The maximum atomic E-state index is 12.1. The van der Waals surface area contributed by atoms with Gasteiger partial charge in [-0.15, -0.1) is 0 Å². The van der Waals surface area contributed by atoms with Gasteiger partial charge in [0.05, 0.1) is 18.5 Å².